The maximum absolute atomic E-state index is 13.1. The first-order valence-electron chi connectivity index (χ1n) is 10.1. The maximum atomic E-state index is 13.1. The Morgan fingerprint density at radius 3 is 2.34 bits per heavy atom. The van der Waals surface area contributed by atoms with Gasteiger partial charge in [0.05, 0.1) is 10.7 Å². The number of hydrogen-bond donors (Lipinski definition) is 1. The molecule has 35 heavy (non-hydrogen) atoms. The summed E-state index contributed by atoms with van der Waals surface area (Å²) < 4.78 is 15.2. The zero-order valence-electron chi connectivity index (χ0n) is 18.4. The lowest BCUT2D eigenvalue weighted by Crippen LogP contribution is -2.37. The number of carbonyl (C=O) groups excluding carboxylic acids is 1. The number of hydrogen-bond acceptors (Lipinski definition) is 8. The summed E-state index contributed by atoms with van der Waals surface area (Å²) in [4.78, 5) is 57.1. The average molecular weight is 496 g/mol. The lowest BCUT2D eigenvalue weighted by molar-refractivity contribution is -0.384. The first-order valence-corrected chi connectivity index (χ1v) is 11.0. The molecule has 0 saturated heterocycles. The fourth-order valence-corrected chi connectivity index (χ4v) is 4.07. The summed E-state index contributed by atoms with van der Waals surface area (Å²) in [7, 11) is 2.77. The van der Waals surface area contributed by atoms with E-state index in [-0.39, 0.29) is 33.3 Å². The molecule has 0 unspecified atom stereocenters. The normalized spacial score (nSPS) is 10.9. The third-order valence-electron chi connectivity index (χ3n) is 5.07. The zero-order chi connectivity index (χ0) is 25.3. The van der Waals surface area contributed by atoms with Crippen LogP contribution in [0.5, 0.6) is 0 Å². The van der Waals surface area contributed by atoms with Gasteiger partial charge in [-0.15, -0.1) is 0 Å². The van der Waals surface area contributed by atoms with Crippen LogP contribution in [-0.2, 0) is 18.9 Å². The standard InChI is InChI=1S/C22H17FN6O5S/c1-27-19-17(21(31)28(2)22(27)32)20(35-11-16(30)24-14-7-5-13(23)6-8-14)26-18(25-19)12-3-9-15(10-4-12)29(33)34/h3-10H,11H2,1-2H3,(H,24,30). The van der Waals surface area contributed by atoms with Crippen LogP contribution in [0.1, 0.15) is 0 Å². The van der Waals surface area contributed by atoms with Crippen molar-refractivity contribution in [2.24, 2.45) is 14.1 Å². The molecule has 178 valence electrons. The minimum Gasteiger partial charge on any atom is -0.325 e. The molecule has 2 aromatic carbocycles. The molecule has 0 spiro atoms. The predicted molar refractivity (Wildman–Crippen MR) is 128 cm³/mol. The molecule has 0 aliphatic carbocycles. The monoisotopic (exact) mass is 496 g/mol. The summed E-state index contributed by atoms with van der Waals surface area (Å²) in [6.45, 7) is 0. The third kappa shape index (κ3) is 4.80. The van der Waals surface area contributed by atoms with Crippen molar-refractivity contribution < 1.29 is 14.1 Å². The van der Waals surface area contributed by atoms with Crippen LogP contribution in [-0.4, -0.2) is 35.7 Å². The van der Waals surface area contributed by atoms with Crippen LogP contribution in [0.3, 0.4) is 0 Å². The average Bonchev–Trinajstić information content (AvgIpc) is 2.85. The fourth-order valence-electron chi connectivity index (χ4n) is 3.26. The number of amides is 1. The molecule has 4 rings (SSSR count). The van der Waals surface area contributed by atoms with E-state index in [1.54, 1.807) is 0 Å². The molecule has 0 aliphatic rings. The summed E-state index contributed by atoms with van der Waals surface area (Å²) in [6, 6.07) is 10.7. The number of nitrogens with one attached hydrogen (secondary N) is 1. The Kier molecular flexibility index (Phi) is 6.42. The van der Waals surface area contributed by atoms with Gasteiger partial charge < -0.3 is 5.32 Å². The zero-order valence-corrected chi connectivity index (χ0v) is 19.2. The molecule has 0 bridgehead atoms. The van der Waals surface area contributed by atoms with Crippen molar-refractivity contribution in [1.82, 2.24) is 19.1 Å². The van der Waals surface area contributed by atoms with Gasteiger partial charge in [-0.2, -0.15) is 0 Å². The van der Waals surface area contributed by atoms with Crippen LogP contribution in [0.25, 0.3) is 22.4 Å². The Morgan fingerprint density at radius 2 is 1.71 bits per heavy atom. The van der Waals surface area contributed by atoms with Crippen molar-refractivity contribution >= 4 is 40.1 Å². The molecule has 11 nitrogen and oxygen atoms in total. The van der Waals surface area contributed by atoms with Crippen LogP contribution in [0.4, 0.5) is 15.8 Å². The van der Waals surface area contributed by atoms with Gasteiger partial charge in [0.2, 0.25) is 5.91 Å². The highest BCUT2D eigenvalue weighted by Gasteiger charge is 2.19. The predicted octanol–water partition coefficient (Wildman–Crippen LogP) is 2.47. The summed E-state index contributed by atoms with van der Waals surface area (Å²) in [6.07, 6.45) is 0. The van der Waals surface area contributed by atoms with E-state index in [2.05, 4.69) is 15.3 Å². The number of carbonyl (C=O) groups is 1. The van der Waals surface area contributed by atoms with Gasteiger partial charge in [-0.1, -0.05) is 11.8 Å². The Balaban J connectivity index is 1.75. The lowest BCUT2D eigenvalue weighted by atomic mass is 10.2. The first kappa shape index (κ1) is 23.8. The van der Waals surface area contributed by atoms with E-state index in [1.165, 1.54) is 67.2 Å². The van der Waals surface area contributed by atoms with Crippen molar-refractivity contribution in [3.05, 3.63) is 85.3 Å². The van der Waals surface area contributed by atoms with Crippen molar-refractivity contribution in [3.63, 3.8) is 0 Å². The topological polar surface area (TPSA) is 142 Å². The van der Waals surface area contributed by atoms with E-state index in [0.717, 1.165) is 16.3 Å². The van der Waals surface area contributed by atoms with Gasteiger partial charge in [-0.25, -0.2) is 19.2 Å². The molecule has 13 heteroatoms. The molecule has 0 aliphatic heterocycles. The van der Waals surface area contributed by atoms with Gasteiger partial charge in [0.15, 0.2) is 11.5 Å². The number of non-ortho nitro benzene ring substituents is 1. The molecule has 0 fully saturated rings. The number of anilines is 1. The quantitative estimate of drug-likeness (QED) is 0.186. The fraction of sp³-hybridized carbons (Fsp3) is 0.136. The molecule has 4 aromatic rings. The van der Waals surface area contributed by atoms with Gasteiger partial charge in [-0.3, -0.25) is 28.8 Å². The Hall–Kier alpha value is -4.39. The van der Waals surface area contributed by atoms with E-state index in [1.807, 2.05) is 0 Å². The van der Waals surface area contributed by atoms with Crippen LogP contribution < -0.4 is 16.6 Å². The van der Waals surface area contributed by atoms with Crippen molar-refractivity contribution in [2.45, 2.75) is 5.03 Å². The van der Waals surface area contributed by atoms with Crippen LogP contribution in [0, 0.1) is 15.9 Å². The summed E-state index contributed by atoms with van der Waals surface area (Å²) in [5.74, 6) is -0.885. The Bertz CT molecular complexity index is 1580. The van der Waals surface area contributed by atoms with Gasteiger partial charge in [0.1, 0.15) is 16.2 Å². The second-order valence-electron chi connectivity index (χ2n) is 7.40. The number of aromatic nitrogens is 4. The number of nitro groups is 1. The smallest absolute Gasteiger partial charge is 0.325 e. The van der Waals surface area contributed by atoms with Crippen molar-refractivity contribution in [2.75, 3.05) is 11.1 Å². The second kappa shape index (κ2) is 9.46. The number of nitro benzene ring substituents is 1. The second-order valence-corrected chi connectivity index (χ2v) is 8.37. The molecule has 1 N–H and O–H groups in total. The van der Waals surface area contributed by atoms with Gasteiger partial charge in [0.25, 0.3) is 11.2 Å². The number of aryl methyl sites for hydroxylation is 1. The van der Waals surface area contributed by atoms with Gasteiger partial charge >= 0.3 is 5.69 Å². The molecular formula is C22H17FN6O5S. The van der Waals surface area contributed by atoms with Gasteiger partial charge in [-0.05, 0) is 36.4 Å². The number of rotatable bonds is 6. The van der Waals surface area contributed by atoms with E-state index in [4.69, 9.17) is 0 Å². The largest absolute Gasteiger partial charge is 0.332 e. The Labute approximate surface area is 200 Å². The van der Waals surface area contributed by atoms with Crippen LogP contribution in [0.2, 0.25) is 0 Å². The number of fused-ring (bicyclic) bond motifs is 1. The Morgan fingerprint density at radius 1 is 1.06 bits per heavy atom. The molecule has 2 aromatic heterocycles. The molecule has 0 saturated carbocycles. The summed E-state index contributed by atoms with van der Waals surface area (Å²) in [5.41, 5.74) is -0.468. The minimum atomic E-state index is -0.625. The van der Waals surface area contributed by atoms with Crippen molar-refractivity contribution in [3.8, 4) is 11.4 Å². The van der Waals surface area contributed by atoms with E-state index in [9.17, 15) is 28.9 Å². The molecule has 0 radical (unpaired) electrons. The highest BCUT2D eigenvalue weighted by atomic mass is 32.2. The van der Waals surface area contributed by atoms with E-state index in [0.29, 0.717) is 11.3 Å². The molecule has 1 amide bonds. The van der Waals surface area contributed by atoms with Crippen molar-refractivity contribution in [1.29, 1.82) is 0 Å². The highest BCUT2D eigenvalue weighted by Crippen LogP contribution is 2.27. The van der Waals surface area contributed by atoms with Crippen LogP contribution in [0.15, 0.2) is 63.1 Å². The van der Waals surface area contributed by atoms with E-state index < -0.39 is 27.9 Å². The summed E-state index contributed by atoms with van der Waals surface area (Å²) in [5, 5.41) is 13.8. The molecule has 2 heterocycles. The summed E-state index contributed by atoms with van der Waals surface area (Å²) >= 11 is 0.961. The molecular weight excluding hydrogens is 479 g/mol. The SMILES string of the molecule is Cn1c(=O)c2c(SCC(=O)Nc3ccc(F)cc3)nc(-c3ccc([N+](=O)[O-])cc3)nc2n(C)c1=O. The van der Waals surface area contributed by atoms with Gasteiger partial charge in [0, 0.05) is 37.5 Å². The third-order valence-corrected chi connectivity index (χ3v) is 6.05. The number of halogens is 1. The van der Waals surface area contributed by atoms with Crippen LogP contribution >= 0.6 is 11.8 Å². The number of nitrogens with zero attached hydrogens (tertiary/aromatic N) is 5. The van der Waals surface area contributed by atoms with E-state index >= 15 is 0 Å². The lowest BCUT2D eigenvalue weighted by Gasteiger charge is -2.12. The number of benzene rings is 2. The minimum absolute atomic E-state index is 0.0554. The number of thioether (sulfide) groups is 1. The maximum Gasteiger partial charge on any atom is 0.332 e. The highest BCUT2D eigenvalue weighted by molar-refractivity contribution is 8.00. The molecule has 0 atom stereocenters. The first-order chi connectivity index (χ1) is 16.7.